The molecular formula is C14H17Cl2NOS. The van der Waals surface area contributed by atoms with Gasteiger partial charge in [-0.25, -0.2) is 0 Å². The average molecular weight is 318 g/mol. The molecule has 0 saturated heterocycles. The predicted molar refractivity (Wildman–Crippen MR) is 82.2 cm³/mol. The SMILES string of the molecule is CC(Sc1c(Cl)cccc1Cl)C(=O)NC1CCCC1. The van der Waals surface area contributed by atoms with E-state index in [0.29, 0.717) is 16.1 Å². The van der Waals surface area contributed by atoms with Crippen LogP contribution in [0.1, 0.15) is 32.6 Å². The first kappa shape index (κ1) is 15.0. The molecule has 1 unspecified atom stereocenters. The number of amides is 1. The van der Waals surface area contributed by atoms with Crippen molar-refractivity contribution < 1.29 is 4.79 Å². The standard InChI is InChI=1S/C14H17Cl2NOS/c1-9(14(18)17-10-5-2-3-6-10)19-13-11(15)7-4-8-12(13)16/h4,7-10H,2-3,5-6H2,1H3,(H,17,18). The third-order valence-corrected chi connectivity index (χ3v) is 5.38. The lowest BCUT2D eigenvalue weighted by atomic mass is 10.2. The van der Waals surface area contributed by atoms with Gasteiger partial charge >= 0.3 is 0 Å². The maximum atomic E-state index is 12.1. The molecule has 0 heterocycles. The molecule has 104 valence electrons. The smallest absolute Gasteiger partial charge is 0.233 e. The Hall–Kier alpha value is -0.380. The minimum absolute atomic E-state index is 0.0629. The summed E-state index contributed by atoms with van der Waals surface area (Å²) in [6.45, 7) is 1.88. The highest BCUT2D eigenvalue weighted by atomic mass is 35.5. The van der Waals surface area contributed by atoms with Crippen molar-refractivity contribution in [3.63, 3.8) is 0 Å². The van der Waals surface area contributed by atoms with Crippen LogP contribution in [-0.4, -0.2) is 17.2 Å². The molecule has 1 fully saturated rings. The molecule has 19 heavy (non-hydrogen) atoms. The van der Waals surface area contributed by atoms with E-state index in [0.717, 1.165) is 17.7 Å². The highest BCUT2D eigenvalue weighted by molar-refractivity contribution is 8.00. The molecule has 1 aliphatic carbocycles. The van der Waals surface area contributed by atoms with Gasteiger partial charge in [-0.3, -0.25) is 4.79 Å². The number of hydrogen-bond donors (Lipinski definition) is 1. The molecule has 2 nitrogen and oxygen atoms in total. The average Bonchev–Trinajstić information content (AvgIpc) is 2.86. The molecule has 1 saturated carbocycles. The summed E-state index contributed by atoms with van der Waals surface area (Å²) in [5.41, 5.74) is 0. The van der Waals surface area contributed by atoms with Crippen molar-refractivity contribution in [1.29, 1.82) is 0 Å². The summed E-state index contributed by atoms with van der Waals surface area (Å²) < 4.78 is 0. The molecule has 2 rings (SSSR count). The van der Waals surface area contributed by atoms with Crippen LogP contribution in [0, 0.1) is 0 Å². The summed E-state index contributed by atoms with van der Waals surface area (Å²) >= 11 is 13.6. The van der Waals surface area contributed by atoms with Crippen molar-refractivity contribution >= 4 is 40.9 Å². The zero-order chi connectivity index (χ0) is 13.8. The van der Waals surface area contributed by atoms with Gasteiger partial charge in [0.2, 0.25) is 5.91 Å². The van der Waals surface area contributed by atoms with Gasteiger partial charge in [0.25, 0.3) is 0 Å². The Morgan fingerprint density at radius 2 is 1.89 bits per heavy atom. The third-order valence-electron chi connectivity index (χ3n) is 3.28. The maximum Gasteiger partial charge on any atom is 0.233 e. The zero-order valence-corrected chi connectivity index (χ0v) is 13.1. The van der Waals surface area contributed by atoms with Gasteiger partial charge in [-0.15, -0.1) is 11.8 Å². The maximum absolute atomic E-state index is 12.1. The molecule has 0 aromatic heterocycles. The van der Waals surface area contributed by atoms with E-state index in [9.17, 15) is 4.79 Å². The minimum atomic E-state index is -0.196. The fraction of sp³-hybridized carbons (Fsp3) is 0.500. The first-order chi connectivity index (χ1) is 9.08. The van der Waals surface area contributed by atoms with Crippen LogP contribution in [0.3, 0.4) is 0 Å². The van der Waals surface area contributed by atoms with Gasteiger partial charge in [0.05, 0.1) is 15.3 Å². The van der Waals surface area contributed by atoms with Gasteiger partial charge in [-0.2, -0.15) is 0 Å². The lowest BCUT2D eigenvalue weighted by Gasteiger charge is -2.17. The fourth-order valence-corrected chi connectivity index (χ4v) is 3.77. The van der Waals surface area contributed by atoms with Crippen molar-refractivity contribution in [1.82, 2.24) is 5.32 Å². The van der Waals surface area contributed by atoms with Gasteiger partial charge in [-0.05, 0) is 31.9 Å². The highest BCUT2D eigenvalue weighted by Gasteiger charge is 2.22. The zero-order valence-electron chi connectivity index (χ0n) is 10.8. The van der Waals surface area contributed by atoms with Gasteiger partial charge in [0.1, 0.15) is 0 Å². The topological polar surface area (TPSA) is 29.1 Å². The second kappa shape index (κ2) is 6.87. The van der Waals surface area contributed by atoms with E-state index in [-0.39, 0.29) is 11.2 Å². The quantitative estimate of drug-likeness (QED) is 0.826. The van der Waals surface area contributed by atoms with Gasteiger partial charge in [0.15, 0.2) is 0 Å². The van der Waals surface area contributed by atoms with E-state index in [1.807, 2.05) is 6.92 Å². The lowest BCUT2D eigenvalue weighted by molar-refractivity contribution is -0.120. The summed E-state index contributed by atoms with van der Waals surface area (Å²) in [5.74, 6) is 0.0629. The predicted octanol–water partition coefficient (Wildman–Crippen LogP) is 4.53. The summed E-state index contributed by atoms with van der Waals surface area (Å²) in [6.07, 6.45) is 4.61. The van der Waals surface area contributed by atoms with Crippen molar-refractivity contribution in [2.45, 2.75) is 48.8 Å². The van der Waals surface area contributed by atoms with Crippen LogP contribution in [0.2, 0.25) is 10.0 Å². The number of thioether (sulfide) groups is 1. The minimum Gasteiger partial charge on any atom is -0.352 e. The van der Waals surface area contributed by atoms with Crippen molar-refractivity contribution in [3.05, 3.63) is 28.2 Å². The second-order valence-electron chi connectivity index (χ2n) is 4.80. The number of carbonyl (C=O) groups excluding carboxylic acids is 1. The number of hydrogen-bond acceptors (Lipinski definition) is 2. The third kappa shape index (κ3) is 4.04. The van der Waals surface area contributed by atoms with Crippen molar-refractivity contribution in [2.24, 2.45) is 0 Å². The largest absolute Gasteiger partial charge is 0.352 e. The van der Waals surface area contributed by atoms with E-state index in [1.54, 1.807) is 18.2 Å². The molecule has 0 spiro atoms. The van der Waals surface area contributed by atoms with E-state index < -0.39 is 0 Å². The Morgan fingerprint density at radius 1 is 1.32 bits per heavy atom. The fourth-order valence-electron chi connectivity index (χ4n) is 2.21. The molecule has 1 N–H and O–H groups in total. The first-order valence-corrected chi connectivity index (χ1v) is 8.12. The van der Waals surface area contributed by atoms with Gasteiger partial charge in [0, 0.05) is 10.9 Å². The number of nitrogens with one attached hydrogen (secondary N) is 1. The number of benzene rings is 1. The van der Waals surface area contributed by atoms with Crippen LogP contribution >= 0.6 is 35.0 Å². The van der Waals surface area contributed by atoms with Crippen LogP contribution in [0.4, 0.5) is 0 Å². The van der Waals surface area contributed by atoms with Crippen LogP contribution in [-0.2, 0) is 4.79 Å². The van der Waals surface area contributed by atoms with Crippen LogP contribution < -0.4 is 5.32 Å². The first-order valence-electron chi connectivity index (χ1n) is 6.49. The molecule has 0 aliphatic heterocycles. The number of carbonyl (C=O) groups is 1. The highest BCUT2D eigenvalue weighted by Crippen LogP contribution is 2.36. The summed E-state index contributed by atoms with van der Waals surface area (Å²) in [7, 11) is 0. The van der Waals surface area contributed by atoms with Gasteiger partial charge in [-0.1, -0.05) is 42.1 Å². The Morgan fingerprint density at radius 3 is 2.47 bits per heavy atom. The van der Waals surface area contributed by atoms with Crippen molar-refractivity contribution in [2.75, 3.05) is 0 Å². The summed E-state index contributed by atoms with van der Waals surface area (Å²) in [6, 6.07) is 5.73. The summed E-state index contributed by atoms with van der Waals surface area (Å²) in [5, 5.41) is 4.09. The Kier molecular flexibility index (Phi) is 5.43. The summed E-state index contributed by atoms with van der Waals surface area (Å²) in [4.78, 5) is 12.9. The molecule has 0 bridgehead atoms. The van der Waals surface area contributed by atoms with Gasteiger partial charge < -0.3 is 5.32 Å². The molecular weight excluding hydrogens is 301 g/mol. The van der Waals surface area contributed by atoms with Crippen molar-refractivity contribution in [3.8, 4) is 0 Å². The monoisotopic (exact) mass is 317 g/mol. The molecule has 1 aromatic carbocycles. The molecule has 5 heteroatoms. The van der Waals surface area contributed by atoms with Crippen LogP contribution in [0.15, 0.2) is 23.1 Å². The Bertz CT molecular complexity index is 441. The van der Waals surface area contributed by atoms with E-state index >= 15 is 0 Å². The normalized spacial score (nSPS) is 17.4. The Balaban J connectivity index is 1.96. The molecule has 0 radical (unpaired) electrons. The van der Waals surface area contributed by atoms with Crippen LogP contribution in [0.25, 0.3) is 0 Å². The number of halogens is 2. The van der Waals surface area contributed by atoms with E-state index in [4.69, 9.17) is 23.2 Å². The molecule has 1 amide bonds. The number of rotatable bonds is 4. The molecule has 1 aromatic rings. The van der Waals surface area contributed by atoms with E-state index in [2.05, 4.69) is 5.32 Å². The Labute approximate surface area is 128 Å². The second-order valence-corrected chi connectivity index (χ2v) is 6.97. The van der Waals surface area contributed by atoms with Crippen LogP contribution in [0.5, 0.6) is 0 Å². The molecule has 1 atom stereocenters. The van der Waals surface area contributed by atoms with E-state index in [1.165, 1.54) is 24.6 Å². The molecule has 1 aliphatic rings. The lowest BCUT2D eigenvalue weighted by Crippen LogP contribution is -2.37.